The van der Waals surface area contributed by atoms with E-state index in [2.05, 4.69) is 45.0 Å². The molecular formula is C13H30N2O. The lowest BCUT2D eigenvalue weighted by molar-refractivity contribution is 0.139. The number of methoxy groups -OCH3 is 1. The van der Waals surface area contributed by atoms with Gasteiger partial charge in [-0.2, -0.15) is 0 Å². The van der Waals surface area contributed by atoms with Crippen molar-refractivity contribution in [3.63, 3.8) is 0 Å². The van der Waals surface area contributed by atoms with Crippen LogP contribution >= 0.6 is 0 Å². The summed E-state index contributed by atoms with van der Waals surface area (Å²) in [4.78, 5) is 2.44. The highest BCUT2D eigenvalue weighted by molar-refractivity contribution is 4.77. The van der Waals surface area contributed by atoms with E-state index in [0.29, 0.717) is 11.5 Å². The molecule has 1 atom stereocenters. The monoisotopic (exact) mass is 230 g/mol. The lowest BCUT2D eigenvalue weighted by atomic mass is 9.87. The van der Waals surface area contributed by atoms with Crippen LogP contribution < -0.4 is 5.32 Å². The van der Waals surface area contributed by atoms with E-state index in [-0.39, 0.29) is 0 Å². The first-order valence-corrected chi connectivity index (χ1v) is 6.29. The third-order valence-corrected chi connectivity index (χ3v) is 3.26. The van der Waals surface area contributed by atoms with Crippen LogP contribution in [0.5, 0.6) is 0 Å². The van der Waals surface area contributed by atoms with Crippen molar-refractivity contribution >= 4 is 0 Å². The second-order valence-corrected chi connectivity index (χ2v) is 5.62. The summed E-state index contributed by atoms with van der Waals surface area (Å²) in [5.41, 5.74) is 0.359. The molecule has 0 saturated carbocycles. The Bertz CT molecular complexity index is 166. The predicted molar refractivity (Wildman–Crippen MR) is 70.9 cm³/mol. The SMILES string of the molecule is COCCNCCCN(C)C(C)C(C)(C)C. The Hall–Kier alpha value is -0.120. The summed E-state index contributed by atoms with van der Waals surface area (Å²) in [6.45, 7) is 13.2. The number of hydrogen-bond donors (Lipinski definition) is 1. The molecule has 98 valence electrons. The molecule has 0 bridgehead atoms. The molecule has 0 aromatic carbocycles. The molecule has 0 aliphatic carbocycles. The zero-order valence-electron chi connectivity index (χ0n) is 12.0. The molecule has 16 heavy (non-hydrogen) atoms. The van der Waals surface area contributed by atoms with Gasteiger partial charge in [-0.15, -0.1) is 0 Å². The molecule has 0 aromatic heterocycles. The summed E-state index contributed by atoms with van der Waals surface area (Å²) < 4.78 is 4.98. The van der Waals surface area contributed by atoms with Crippen LogP contribution in [0.25, 0.3) is 0 Å². The molecule has 0 saturated heterocycles. The molecule has 0 aromatic rings. The highest BCUT2D eigenvalue weighted by atomic mass is 16.5. The zero-order chi connectivity index (χ0) is 12.6. The van der Waals surface area contributed by atoms with Crippen molar-refractivity contribution in [2.24, 2.45) is 5.41 Å². The normalized spacial score (nSPS) is 14.4. The third-order valence-electron chi connectivity index (χ3n) is 3.26. The van der Waals surface area contributed by atoms with Crippen molar-refractivity contribution in [1.82, 2.24) is 10.2 Å². The maximum absolute atomic E-state index is 4.98. The number of rotatable bonds is 8. The molecule has 3 heteroatoms. The van der Waals surface area contributed by atoms with E-state index in [4.69, 9.17) is 4.74 Å². The van der Waals surface area contributed by atoms with Crippen LogP contribution in [0, 0.1) is 5.41 Å². The smallest absolute Gasteiger partial charge is 0.0587 e. The van der Waals surface area contributed by atoms with E-state index in [9.17, 15) is 0 Å². The minimum absolute atomic E-state index is 0.359. The van der Waals surface area contributed by atoms with Crippen LogP contribution in [0.1, 0.15) is 34.1 Å². The van der Waals surface area contributed by atoms with Crippen LogP contribution in [-0.4, -0.2) is 51.3 Å². The van der Waals surface area contributed by atoms with E-state index in [0.717, 1.165) is 26.2 Å². The standard InChI is InChI=1S/C13H30N2O/c1-12(13(2,3)4)15(5)10-7-8-14-9-11-16-6/h12,14H,7-11H2,1-6H3. The highest BCUT2D eigenvalue weighted by Crippen LogP contribution is 2.22. The number of ether oxygens (including phenoxy) is 1. The van der Waals surface area contributed by atoms with Crippen LogP contribution in [0.4, 0.5) is 0 Å². The molecule has 0 aliphatic rings. The molecule has 0 aliphatic heterocycles. The first-order valence-electron chi connectivity index (χ1n) is 6.29. The topological polar surface area (TPSA) is 24.5 Å². The lowest BCUT2D eigenvalue weighted by Crippen LogP contribution is -2.40. The van der Waals surface area contributed by atoms with E-state index in [1.165, 1.54) is 6.42 Å². The molecule has 0 radical (unpaired) electrons. The van der Waals surface area contributed by atoms with Gasteiger partial charge in [0, 0.05) is 19.7 Å². The minimum Gasteiger partial charge on any atom is -0.383 e. The highest BCUT2D eigenvalue weighted by Gasteiger charge is 2.23. The number of nitrogens with zero attached hydrogens (tertiary/aromatic N) is 1. The fourth-order valence-electron chi connectivity index (χ4n) is 1.61. The van der Waals surface area contributed by atoms with E-state index in [1.54, 1.807) is 7.11 Å². The van der Waals surface area contributed by atoms with Crippen LogP contribution in [0.3, 0.4) is 0 Å². The second-order valence-electron chi connectivity index (χ2n) is 5.62. The van der Waals surface area contributed by atoms with E-state index < -0.39 is 0 Å². The summed E-state index contributed by atoms with van der Waals surface area (Å²) >= 11 is 0. The summed E-state index contributed by atoms with van der Waals surface area (Å²) in [6.07, 6.45) is 1.20. The van der Waals surface area contributed by atoms with E-state index in [1.807, 2.05) is 0 Å². The fraction of sp³-hybridized carbons (Fsp3) is 1.00. The molecule has 3 nitrogen and oxygen atoms in total. The Morgan fingerprint density at radius 2 is 1.88 bits per heavy atom. The van der Waals surface area contributed by atoms with Crippen molar-refractivity contribution < 1.29 is 4.74 Å². The van der Waals surface area contributed by atoms with Gasteiger partial charge < -0.3 is 15.0 Å². The van der Waals surface area contributed by atoms with Crippen LogP contribution in [0.2, 0.25) is 0 Å². The molecule has 1 N–H and O–H groups in total. The Morgan fingerprint density at radius 3 is 2.38 bits per heavy atom. The zero-order valence-corrected chi connectivity index (χ0v) is 12.0. The predicted octanol–water partition coefficient (Wildman–Crippen LogP) is 1.98. The Balaban J connectivity index is 3.54. The number of nitrogens with one attached hydrogen (secondary N) is 1. The molecule has 1 unspecified atom stereocenters. The molecule has 0 rings (SSSR count). The summed E-state index contributed by atoms with van der Waals surface area (Å²) in [7, 11) is 3.95. The molecular weight excluding hydrogens is 200 g/mol. The van der Waals surface area contributed by atoms with Gasteiger partial charge in [-0.3, -0.25) is 0 Å². The molecule has 0 amide bonds. The van der Waals surface area contributed by atoms with Crippen molar-refractivity contribution in [1.29, 1.82) is 0 Å². The third kappa shape index (κ3) is 7.20. The van der Waals surface area contributed by atoms with Gasteiger partial charge in [-0.1, -0.05) is 20.8 Å². The molecule has 0 spiro atoms. The van der Waals surface area contributed by atoms with Gasteiger partial charge in [0.05, 0.1) is 6.61 Å². The summed E-state index contributed by atoms with van der Waals surface area (Å²) in [5.74, 6) is 0. The van der Waals surface area contributed by atoms with Gasteiger partial charge in [0.25, 0.3) is 0 Å². The Labute approximate surface area is 102 Å². The van der Waals surface area contributed by atoms with Gasteiger partial charge in [0.2, 0.25) is 0 Å². The Kier molecular flexibility index (Phi) is 7.98. The van der Waals surface area contributed by atoms with Gasteiger partial charge in [-0.25, -0.2) is 0 Å². The van der Waals surface area contributed by atoms with Crippen molar-refractivity contribution in [2.45, 2.75) is 40.2 Å². The molecule has 0 heterocycles. The minimum atomic E-state index is 0.359. The van der Waals surface area contributed by atoms with Crippen molar-refractivity contribution in [2.75, 3.05) is 40.4 Å². The lowest BCUT2D eigenvalue weighted by Gasteiger charge is -2.35. The maximum Gasteiger partial charge on any atom is 0.0587 e. The first-order chi connectivity index (χ1) is 7.39. The van der Waals surface area contributed by atoms with E-state index >= 15 is 0 Å². The van der Waals surface area contributed by atoms with Gasteiger partial charge in [-0.05, 0) is 38.9 Å². The van der Waals surface area contributed by atoms with Gasteiger partial charge in [0.15, 0.2) is 0 Å². The fourth-order valence-corrected chi connectivity index (χ4v) is 1.61. The average molecular weight is 230 g/mol. The Morgan fingerprint density at radius 1 is 1.25 bits per heavy atom. The summed E-state index contributed by atoms with van der Waals surface area (Å²) in [6, 6.07) is 0.617. The number of hydrogen-bond acceptors (Lipinski definition) is 3. The largest absolute Gasteiger partial charge is 0.383 e. The van der Waals surface area contributed by atoms with Gasteiger partial charge in [0.1, 0.15) is 0 Å². The summed E-state index contributed by atoms with van der Waals surface area (Å²) in [5, 5.41) is 3.37. The maximum atomic E-state index is 4.98. The van der Waals surface area contributed by atoms with Crippen LogP contribution in [-0.2, 0) is 4.74 Å². The van der Waals surface area contributed by atoms with Crippen LogP contribution in [0.15, 0.2) is 0 Å². The van der Waals surface area contributed by atoms with Crippen molar-refractivity contribution in [3.8, 4) is 0 Å². The first kappa shape index (κ1) is 15.9. The molecule has 0 fully saturated rings. The van der Waals surface area contributed by atoms with Crippen molar-refractivity contribution in [3.05, 3.63) is 0 Å². The quantitative estimate of drug-likeness (QED) is 0.645. The second kappa shape index (κ2) is 8.04. The average Bonchev–Trinajstić information content (AvgIpc) is 2.20. The van der Waals surface area contributed by atoms with Gasteiger partial charge >= 0.3 is 0 Å².